The molecule has 1 amide bonds. The normalized spacial score (nSPS) is 15.1. The molecule has 0 saturated carbocycles. The third kappa shape index (κ3) is 4.82. The van der Waals surface area contributed by atoms with Gasteiger partial charge in [0.2, 0.25) is 5.91 Å². The molecular weight excluding hydrogens is 428 g/mol. The molecule has 3 aromatic rings. The van der Waals surface area contributed by atoms with Crippen LogP contribution in [0.25, 0.3) is 27.7 Å². The third-order valence-electron chi connectivity index (χ3n) is 6.39. The maximum Gasteiger partial charge on any atom is 0.246 e. The van der Waals surface area contributed by atoms with Gasteiger partial charge in [-0.25, -0.2) is 0 Å². The summed E-state index contributed by atoms with van der Waals surface area (Å²) < 4.78 is 17.6. The van der Waals surface area contributed by atoms with Crippen LogP contribution in [0.1, 0.15) is 31.9 Å². The van der Waals surface area contributed by atoms with Crippen molar-refractivity contribution < 1.29 is 18.7 Å². The zero-order chi connectivity index (χ0) is 24.2. The molecule has 2 heterocycles. The minimum Gasteiger partial charge on any atom is -0.494 e. The van der Waals surface area contributed by atoms with Crippen molar-refractivity contribution in [3.63, 3.8) is 0 Å². The maximum atomic E-state index is 13.0. The van der Waals surface area contributed by atoms with E-state index in [4.69, 9.17) is 13.9 Å². The molecule has 2 aromatic carbocycles. The van der Waals surface area contributed by atoms with E-state index in [9.17, 15) is 4.79 Å². The summed E-state index contributed by atoms with van der Waals surface area (Å²) in [5.41, 5.74) is 5.59. The fourth-order valence-corrected chi connectivity index (χ4v) is 4.44. The van der Waals surface area contributed by atoms with E-state index in [1.807, 2.05) is 56.9 Å². The van der Waals surface area contributed by atoms with Gasteiger partial charge in [-0.05, 0) is 64.1 Å². The van der Waals surface area contributed by atoms with Crippen molar-refractivity contribution in [3.05, 3.63) is 53.8 Å². The maximum absolute atomic E-state index is 13.0. The number of hydrogen-bond donors (Lipinski definition) is 0. The number of benzene rings is 2. The van der Waals surface area contributed by atoms with Crippen LogP contribution in [-0.2, 0) is 4.79 Å². The predicted molar refractivity (Wildman–Crippen MR) is 136 cm³/mol. The lowest BCUT2D eigenvalue weighted by Gasteiger charge is -2.31. The second-order valence-electron chi connectivity index (χ2n) is 8.75. The largest absolute Gasteiger partial charge is 0.494 e. The smallest absolute Gasteiger partial charge is 0.246 e. The van der Waals surface area contributed by atoms with Gasteiger partial charge < -0.3 is 23.7 Å². The van der Waals surface area contributed by atoms with Crippen LogP contribution in [-0.4, -0.2) is 62.1 Å². The Morgan fingerprint density at radius 2 is 1.74 bits per heavy atom. The van der Waals surface area contributed by atoms with Crippen molar-refractivity contribution in [1.29, 1.82) is 0 Å². The molecule has 1 saturated heterocycles. The minimum absolute atomic E-state index is 0.0460. The van der Waals surface area contributed by atoms with E-state index in [-0.39, 0.29) is 5.91 Å². The Bertz CT molecular complexity index is 1190. The van der Waals surface area contributed by atoms with E-state index in [0.717, 1.165) is 76.5 Å². The van der Waals surface area contributed by atoms with Crippen LogP contribution in [0.4, 0.5) is 0 Å². The molecule has 0 N–H and O–H groups in total. The number of rotatable bonds is 7. The number of ether oxygens (including phenoxy) is 2. The van der Waals surface area contributed by atoms with Crippen molar-refractivity contribution >= 4 is 22.4 Å². The second-order valence-corrected chi connectivity index (χ2v) is 8.75. The Morgan fingerprint density at radius 1 is 1.06 bits per heavy atom. The van der Waals surface area contributed by atoms with E-state index in [0.29, 0.717) is 13.2 Å². The summed E-state index contributed by atoms with van der Waals surface area (Å²) in [5, 5.41) is 1.000. The summed E-state index contributed by atoms with van der Waals surface area (Å²) in [5.74, 6) is 1.66. The van der Waals surface area contributed by atoms with E-state index >= 15 is 0 Å². The van der Waals surface area contributed by atoms with Crippen molar-refractivity contribution in [1.82, 2.24) is 9.80 Å². The lowest BCUT2D eigenvalue weighted by molar-refractivity contribution is -0.127. The molecule has 180 valence electrons. The van der Waals surface area contributed by atoms with Crippen molar-refractivity contribution in [2.75, 3.05) is 46.4 Å². The first kappa shape index (κ1) is 23.9. The fraction of sp³-hybridized carbons (Fsp3) is 0.393. The van der Waals surface area contributed by atoms with Crippen molar-refractivity contribution in [3.8, 4) is 22.6 Å². The standard InChI is InChI=1S/C28H34N2O4/c1-6-32-22-10-8-21(9-11-22)25-18-34-28-20(4)27(33-7-2)23(17-24(25)28)19(3)16-26(31)30-14-12-29(5)13-15-30/h8-11,16-18H,6-7,12-15H2,1-5H3/b19-16+. The second kappa shape index (κ2) is 10.3. The molecule has 4 rings (SSSR count). The van der Waals surface area contributed by atoms with E-state index in [2.05, 4.69) is 18.0 Å². The Labute approximate surface area is 201 Å². The molecular formula is C28H34N2O4. The first-order valence-electron chi connectivity index (χ1n) is 12.0. The summed E-state index contributed by atoms with van der Waals surface area (Å²) >= 11 is 0. The van der Waals surface area contributed by atoms with Gasteiger partial charge >= 0.3 is 0 Å². The van der Waals surface area contributed by atoms with Crippen LogP contribution in [0.2, 0.25) is 0 Å². The third-order valence-corrected chi connectivity index (χ3v) is 6.39. The number of carbonyl (C=O) groups is 1. The van der Waals surface area contributed by atoms with E-state index in [1.165, 1.54) is 0 Å². The van der Waals surface area contributed by atoms with E-state index < -0.39 is 0 Å². The number of amides is 1. The summed E-state index contributed by atoms with van der Waals surface area (Å²) in [7, 11) is 2.09. The first-order chi connectivity index (χ1) is 16.4. The Morgan fingerprint density at radius 3 is 2.38 bits per heavy atom. The van der Waals surface area contributed by atoms with Crippen LogP contribution in [0.15, 0.2) is 47.1 Å². The minimum atomic E-state index is 0.0460. The zero-order valence-corrected chi connectivity index (χ0v) is 20.8. The number of aryl methyl sites for hydroxylation is 1. The van der Waals surface area contributed by atoms with Gasteiger partial charge in [0.05, 0.1) is 19.5 Å². The summed E-state index contributed by atoms with van der Waals surface area (Å²) in [6.07, 6.45) is 3.53. The molecule has 1 aliphatic heterocycles. The number of hydrogen-bond acceptors (Lipinski definition) is 5. The fourth-order valence-electron chi connectivity index (χ4n) is 4.44. The van der Waals surface area contributed by atoms with Crippen molar-refractivity contribution in [2.24, 2.45) is 0 Å². The lowest BCUT2D eigenvalue weighted by atomic mass is 9.96. The highest BCUT2D eigenvalue weighted by Gasteiger charge is 2.21. The molecule has 0 aliphatic carbocycles. The van der Waals surface area contributed by atoms with Gasteiger partial charge in [-0.2, -0.15) is 0 Å². The average Bonchev–Trinajstić information content (AvgIpc) is 3.26. The lowest BCUT2D eigenvalue weighted by Crippen LogP contribution is -2.46. The van der Waals surface area contributed by atoms with Crippen LogP contribution >= 0.6 is 0 Å². The highest BCUT2D eigenvalue weighted by molar-refractivity contribution is 6.01. The highest BCUT2D eigenvalue weighted by atomic mass is 16.5. The highest BCUT2D eigenvalue weighted by Crippen LogP contribution is 2.41. The molecule has 0 spiro atoms. The van der Waals surface area contributed by atoms with Crippen LogP contribution in [0, 0.1) is 6.92 Å². The van der Waals surface area contributed by atoms with Gasteiger partial charge in [-0.1, -0.05) is 12.1 Å². The monoisotopic (exact) mass is 462 g/mol. The molecule has 1 aromatic heterocycles. The number of fused-ring (bicyclic) bond motifs is 1. The van der Waals surface area contributed by atoms with Crippen LogP contribution in [0.3, 0.4) is 0 Å². The van der Waals surface area contributed by atoms with Crippen LogP contribution in [0.5, 0.6) is 11.5 Å². The summed E-state index contributed by atoms with van der Waals surface area (Å²) in [6.45, 7) is 12.4. The molecule has 0 bridgehead atoms. The zero-order valence-electron chi connectivity index (χ0n) is 20.8. The molecule has 6 heteroatoms. The molecule has 1 aliphatic rings. The van der Waals surface area contributed by atoms with Gasteiger partial charge in [-0.15, -0.1) is 0 Å². The molecule has 0 unspecified atom stereocenters. The average molecular weight is 463 g/mol. The summed E-state index contributed by atoms with van der Waals surface area (Å²) in [6, 6.07) is 10.1. The van der Waals surface area contributed by atoms with Gasteiger partial charge in [0.15, 0.2) is 0 Å². The Balaban J connectivity index is 1.75. The number of piperazine rings is 1. The van der Waals surface area contributed by atoms with Gasteiger partial charge in [0.25, 0.3) is 0 Å². The molecule has 6 nitrogen and oxygen atoms in total. The van der Waals surface area contributed by atoms with Crippen LogP contribution < -0.4 is 9.47 Å². The van der Waals surface area contributed by atoms with Gasteiger partial charge in [-0.3, -0.25) is 4.79 Å². The molecule has 0 radical (unpaired) electrons. The summed E-state index contributed by atoms with van der Waals surface area (Å²) in [4.78, 5) is 17.1. The Kier molecular flexibility index (Phi) is 7.27. The number of nitrogens with zero attached hydrogens (tertiary/aromatic N) is 2. The molecule has 1 fully saturated rings. The SMILES string of the molecule is CCOc1ccc(-c2coc3c(C)c(OCC)c(/C(C)=C/C(=O)N4CCN(C)CC4)cc23)cc1. The quantitative estimate of drug-likeness (QED) is 0.441. The first-order valence-corrected chi connectivity index (χ1v) is 12.0. The van der Waals surface area contributed by atoms with Gasteiger partial charge in [0.1, 0.15) is 17.1 Å². The number of likely N-dealkylation sites (N-methyl/N-ethyl adjacent to an activating group) is 1. The Hall–Kier alpha value is -3.25. The number of carbonyl (C=O) groups excluding carboxylic acids is 1. The van der Waals surface area contributed by atoms with Gasteiger partial charge in [0, 0.05) is 54.3 Å². The predicted octanol–water partition coefficient (Wildman–Crippen LogP) is 5.38. The molecule has 0 atom stereocenters. The number of furan rings is 1. The van der Waals surface area contributed by atoms with E-state index in [1.54, 1.807) is 12.3 Å². The molecule has 34 heavy (non-hydrogen) atoms. The number of allylic oxidation sites excluding steroid dienone is 1. The topological polar surface area (TPSA) is 55.2 Å². The van der Waals surface area contributed by atoms with Crippen molar-refractivity contribution in [2.45, 2.75) is 27.7 Å².